The molecule has 1 aromatic rings. The average Bonchev–Trinajstić information content (AvgIpc) is 1.99. The van der Waals surface area contributed by atoms with Gasteiger partial charge in [-0.05, 0) is 0 Å². The molecule has 0 saturated heterocycles. The van der Waals surface area contributed by atoms with Crippen LogP contribution >= 0.6 is 0 Å². The van der Waals surface area contributed by atoms with Crippen LogP contribution in [0.25, 0.3) is 0 Å². The van der Waals surface area contributed by atoms with Crippen molar-refractivity contribution < 1.29 is 21.4 Å². The van der Waals surface area contributed by atoms with Crippen LogP contribution in [0, 0.1) is 17.5 Å². The fourth-order valence-corrected chi connectivity index (χ4v) is 1.62. The number of halogens is 3. The Kier molecular flexibility index (Phi) is 2.77. The first-order valence-corrected chi connectivity index (χ1v) is 5.46. The third-order valence-corrected chi connectivity index (χ3v) is 2.71. The summed E-state index contributed by atoms with van der Waals surface area (Å²) in [6.07, 6.45) is 0. The van der Waals surface area contributed by atoms with Gasteiger partial charge in [-0.25, -0.2) is 0 Å². The van der Waals surface area contributed by atoms with Crippen molar-refractivity contribution in [3.63, 3.8) is 0 Å². The van der Waals surface area contributed by atoms with E-state index in [4.69, 9.17) is 8.19 Å². The molecule has 0 radical (unpaired) electrons. The zero-order valence-corrected chi connectivity index (χ0v) is 7.51. The standard InChI is InChI=1S/C6H4AsF3O2/c8-4-1-3(7(11)12)2-5(9)6(4)10/h1-2,11-12H. The van der Waals surface area contributed by atoms with Gasteiger partial charge < -0.3 is 0 Å². The van der Waals surface area contributed by atoms with Crippen molar-refractivity contribution in [1.82, 2.24) is 0 Å². The van der Waals surface area contributed by atoms with E-state index in [1.165, 1.54) is 0 Å². The minimum atomic E-state index is -3.31. The third kappa shape index (κ3) is 1.80. The van der Waals surface area contributed by atoms with E-state index >= 15 is 0 Å². The van der Waals surface area contributed by atoms with Crippen molar-refractivity contribution in [2.75, 3.05) is 0 Å². The summed E-state index contributed by atoms with van der Waals surface area (Å²) in [6, 6.07) is 1.16. The van der Waals surface area contributed by atoms with Crippen molar-refractivity contribution in [1.29, 1.82) is 0 Å². The SMILES string of the molecule is O[As](O)c1cc(F)c(F)c(F)c1. The van der Waals surface area contributed by atoms with Gasteiger partial charge in [-0.3, -0.25) is 0 Å². The first kappa shape index (κ1) is 9.58. The van der Waals surface area contributed by atoms with Gasteiger partial charge in [0, 0.05) is 0 Å². The number of hydrogen-bond acceptors (Lipinski definition) is 2. The van der Waals surface area contributed by atoms with Gasteiger partial charge in [-0.2, -0.15) is 0 Å². The maximum absolute atomic E-state index is 12.4. The van der Waals surface area contributed by atoms with Crippen LogP contribution in [-0.4, -0.2) is 23.5 Å². The van der Waals surface area contributed by atoms with E-state index < -0.39 is 32.8 Å². The topological polar surface area (TPSA) is 40.5 Å². The molecule has 12 heavy (non-hydrogen) atoms. The summed E-state index contributed by atoms with van der Waals surface area (Å²) >= 11 is -3.31. The zero-order valence-electron chi connectivity index (χ0n) is 5.63. The fraction of sp³-hybridized carbons (Fsp3) is 0. The first-order valence-electron chi connectivity index (χ1n) is 2.85. The minimum absolute atomic E-state index is 0.279. The predicted molar refractivity (Wildman–Crippen MR) is 36.1 cm³/mol. The third-order valence-electron chi connectivity index (χ3n) is 1.20. The molecule has 0 saturated carbocycles. The van der Waals surface area contributed by atoms with Crippen molar-refractivity contribution >= 4 is 19.7 Å². The summed E-state index contributed by atoms with van der Waals surface area (Å²) in [5.41, 5.74) is 0. The Balaban J connectivity index is 3.21. The Labute approximate surface area is 71.2 Å². The molecule has 0 heterocycles. The van der Waals surface area contributed by atoms with Gasteiger partial charge >= 0.3 is 70.6 Å². The maximum atomic E-state index is 12.4. The second-order valence-electron chi connectivity index (χ2n) is 2.01. The van der Waals surface area contributed by atoms with Gasteiger partial charge in [0.2, 0.25) is 0 Å². The second-order valence-corrected chi connectivity index (χ2v) is 4.31. The Morgan fingerprint density at radius 2 is 1.42 bits per heavy atom. The molecule has 0 fully saturated rings. The normalized spacial score (nSPS) is 10.8. The van der Waals surface area contributed by atoms with E-state index in [0.717, 1.165) is 0 Å². The van der Waals surface area contributed by atoms with Crippen molar-refractivity contribution in [3.8, 4) is 0 Å². The quantitative estimate of drug-likeness (QED) is 0.526. The van der Waals surface area contributed by atoms with E-state index in [1.807, 2.05) is 0 Å². The van der Waals surface area contributed by atoms with Gasteiger partial charge in [0.25, 0.3) is 0 Å². The molecule has 0 bridgehead atoms. The molecule has 0 aliphatic heterocycles. The Bertz CT molecular complexity index is 280. The van der Waals surface area contributed by atoms with Crippen molar-refractivity contribution in [2.24, 2.45) is 0 Å². The van der Waals surface area contributed by atoms with Gasteiger partial charge in [-0.1, -0.05) is 0 Å². The average molecular weight is 240 g/mol. The molecule has 66 valence electrons. The first-order chi connectivity index (χ1) is 5.52. The van der Waals surface area contributed by atoms with E-state index in [1.54, 1.807) is 0 Å². The summed E-state index contributed by atoms with van der Waals surface area (Å²) < 4.78 is 54.0. The van der Waals surface area contributed by atoms with Crippen LogP contribution in [0.3, 0.4) is 0 Å². The van der Waals surface area contributed by atoms with Gasteiger partial charge in [0.15, 0.2) is 0 Å². The molecule has 2 N–H and O–H groups in total. The van der Waals surface area contributed by atoms with Crippen molar-refractivity contribution in [3.05, 3.63) is 29.6 Å². The van der Waals surface area contributed by atoms with Gasteiger partial charge in [0.05, 0.1) is 0 Å². The van der Waals surface area contributed by atoms with Crippen LogP contribution in [0.2, 0.25) is 0 Å². The Morgan fingerprint density at radius 3 is 1.75 bits per heavy atom. The van der Waals surface area contributed by atoms with Crippen LogP contribution in [0.4, 0.5) is 13.2 Å². The molecule has 0 unspecified atom stereocenters. The van der Waals surface area contributed by atoms with Crippen LogP contribution < -0.4 is 4.35 Å². The number of hydrogen-bond donors (Lipinski definition) is 2. The molecule has 0 aliphatic carbocycles. The number of rotatable bonds is 1. The number of benzene rings is 1. The van der Waals surface area contributed by atoms with E-state index in [9.17, 15) is 13.2 Å². The molecule has 1 aromatic carbocycles. The van der Waals surface area contributed by atoms with E-state index in [2.05, 4.69) is 0 Å². The molecule has 0 amide bonds. The molecule has 1 rings (SSSR count). The predicted octanol–water partition coefficient (Wildman–Crippen LogP) is -0.216. The zero-order chi connectivity index (χ0) is 9.30. The van der Waals surface area contributed by atoms with Crippen LogP contribution in [-0.2, 0) is 0 Å². The fourth-order valence-electron chi connectivity index (χ4n) is 0.658. The molecule has 0 atom stereocenters. The molecule has 2 nitrogen and oxygen atoms in total. The van der Waals surface area contributed by atoms with Crippen molar-refractivity contribution in [2.45, 2.75) is 0 Å². The second kappa shape index (κ2) is 3.47. The van der Waals surface area contributed by atoms with E-state index in [-0.39, 0.29) is 4.35 Å². The summed E-state index contributed by atoms with van der Waals surface area (Å²) in [5, 5.41) is 0. The summed E-state index contributed by atoms with van der Waals surface area (Å²) in [4.78, 5) is 0. The van der Waals surface area contributed by atoms with Crippen LogP contribution in [0.15, 0.2) is 12.1 Å². The Morgan fingerprint density at radius 1 is 1.00 bits per heavy atom. The molecule has 0 spiro atoms. The van der Waals surface area contributed by atoms with Crippen LogP contribution in [0.5, 0.6) is 0 Å². The van der Waals surface area contributed by atoms with Crippen LogP contribution in [0.1, 0.15) is 0 Å². The van der Waals surface area contributed by atoms with E-state index in [0.29, 0.717) is 12.1 Å². The molecule has 0 aromatic heterocycles. The summed E-state index contributed by atoms with van der Waals surface area (Å²) in [7, 11) is 0. The Hall–Kier alpha value is -0.512. The van der Waals surface area contributed by atoms with Gasteiger partial charge in [0.1, 0.15) is 0 Å². The summed E-state index contributed by atoms with van der Waals surface area (Å²) in [5.74, 6) is -4.42. The summed E-state index contributed by atoms with van der Waals surface area (Å²) in [6.45, 7) is 0. The monoisotopic (exact) mass is 240 g/mol. The molecule has 0 aliphatic rings. The molecule has 6 heteroatoms. The molecular weight excluding hydrogens is 236 g/mol. The molecular formula is C6H4AsF3O2. The van der Waals surface area contributed by atoms with Gasteiger partial charge in [-0.15, -0.1) is 0 Å².